The number of rotatable bonds is 7. The number of hydrogen-bond donors (Lipinski definition) is 1. The van der Waals surface area contributed by atoms with Crippen molar-refractivity contribution in [2.45, 2.75) is 44.9 Å². The van der Waals surface area contributed by atoms with Gasteiger partial charge in [0.2, 0.25) is 0 Å². The van der Waals surface area contributed by atoms with Gasteiger partial charge < -0.3 is 10.1 Å². The summed E-state index contributed by atoms with van der Waals surface area (Å²) in [6, 6.07) is 0.468. The highest BCUT2D eigenvalue weighted by Gasteiger charge is 2.26. The van der Waals surface area contributed by atoms with Gasteiger partial charge in [0, 0.05) is 13.2 Å². The lowest BCUT2D eigenvalue weighted by Gasteiger charge is -2.25. The minimum absolute atomic E-state index is 0.111. The Morgan fingerprint density at radius 2 is 2.41 bits per heavy atom. The summed E-state index contributed by atoms with van der Waals surface area (Å²) in [5, 5.41) is 3.47. The van der Waals surface area contributed by atoms with Crippen molar-refractivity contribution in [3.8, 4) is 0 Å². The van der Waals surface area contributed by atoms with Crippen LogP contribution < -0.4 is 5.32 Å². The lowest BCUT2D eigenvalue weighted by molar-refractivity contribution is 0.0823. The average molecular weight is 242 g/mol. The molecule has 0 aliphatic carbocycles. The number of methoxy groups -OCH3 is 1. The summed E-state index contributed by atoms with van der Waals surface area (Å²) in [5.41, 5.74) is 0. The van der Waals surface area contributed by atoms with Crippen molar-refractivity contribution >= 4 is 6.21 Å². The van der Waals surface area contributed by atoms with Gasteiger partial charge in [-0.15, -0.1) is 0 Å². The van der Waals surface area contributed by atoms with E-state index in [0.29, 0.717) is 18.3 Å². The lowest BCUT2D eigenvalue weighted by atomic mass is 9.91. The van der Waals surface area contributed by atoms with Crippen LogP contribution in [0.2, 0.25) is 0 Å². The molecule has 0 aromatic rings. The predicted octanol–water partition coefficient (Wildman–Crippen LogP) is 2.68. The zero-order valence-electron chi connectivity index (χ0n) is 10.7. The van der Waals surface area contributed by atoms with Gasteiger partial charge in [-0.05, 0) is 51.3 Å². The van der Waals surface area contributed by atoms with Crippen molar-refractivity contribution in [1.29, 1.82) is 0 Å². The van der Waals surface area contributed by atoms with Crippen molar-refractivity contribution in [2.24, 2.45) is 10.9 Å². The van der Waals surface area contributed by atoms with Crippen LogP contribution in [0.15, 0.2) is 17.4 Å². The highest BCUT2D eigenvalue weighted by atomic mass is 19.1. The maximum atomic E-state index is 12.1. The van der Waals surface area contributed by atoms with Crippen molar-refractivity contribution in [2.75, 3.05) is 13.7 Å². The van der Waals surface area contributed by atoms with E-state index in [1.807, 2.05) is 6.92 Å². The smallest absolute Gasteiger partial charge is 0.147 e. The molecule has 1 heterocycles. The van der Waals surface area contributed by atoms with Gasteiger partial charge in [0.05, 0.1) is 6.33 Å². The summed E-state index contributed by atoms with van der Waals surface area (Å²) in [5.74, 6) is 0.387. The van der Waals surface area contributed by atoms with Gasteiger partial charge in [-0.2, -0.15) is 0 Å². The zero-order valence-corrected chi connectivity index (χ0v) is 10.7. The molecule has 1 aliphatic rings. The molecule has 0 saturated carbocycles. The molecule has 1 aliphatic heterocycles. The highest BCUT2D eigenvalue weighted by molar-refractivity contribution is 5.53. The van der Waals surface area contributed by atoms with E-state index in [1.165, 1.54) is 6.42 Å². The van der Waals surface area contributed by atoms with E-state index in [1.54, 1.807) is 19.4 Å². The molecule has 0 spiro atoms. The molecule has 0 aromatic heterocycles. The maximum Gasteiger partial charge on any atom is 0.147 e. The van der Waals surface area contributed by atoms with Gasteiger partial charge in [-0.25, -0.2) is 4.39 Å². The molecule has 0 amide bonds. The molecule has 3 atom stereocenters. The number of aliphatic imine (C=N–C) groups is 1. The van der Waals surface area contributed by atoms with E-state index in [0.717, 1.165) is 25.8 Å². The number of allylic oxidation sites excluding steroid dienone is 1. The molecule has 4 heteroatoms. The molecule has 2 unspecified atom stereocenters. The largest absolute Gasteiger partial charge is 0.360 e. The molecule has 17 heavy (non-hydrogen) atoms. The average Bonchev–Trinajstić information content (AvgIpc) is 2.86. The van der Waals surface area contributed by atoms with Crippen molar-refractivity contribution in [1.82, 2.24) is 5.32 Å². The third-order valence-electron chi connectivity index (χ3n) is 3.29. The molecule has 98 valence electrons. The van der Waals surface area contributed by atoms with E-state index in [-0.39, 0.29) is 6.23 Å². The van der Waals surface area contributed by atoms with E-state index in [2.05, 4.69) is 10.3 Å². The van der Waals surface area contributed by atoms with Crippen molar-refractivity contribution < 1.29 is 9.13 Å². The summed E-state index contributed by atoms with van der Waals surface area (Å²) in [6.07, 6.45) is 7.82. The SMILES string of the molecule is C/C=N\C(C[C@H](C/C=C/F)C1CCCN1)OC. The standard InChI is InChI=1S/C13H23FN2O/c1-3-15-13(17-2)10-11(6-4-8-14)12-7-5-9-16-12/h3-4,8,11-13,16H,5-7,9-10H2,1-2H3/b8-4+,15-3-/t11-,12?,13?/m0/s1. The second-order valence-electron chi connectivity index (χ2n) is 4.39. The number of halogens is 1. The number of nitrogens with one attached hydrogen (secondary N) is 1. The third-order valence-corrected chi connectivity index (χ3v) is 3.29. The topological polar surface area (TPSA) is 33.6 Å². The first kappa shape index (κ1) is 14.3. The fourth-order valence-electron chi connectivity index (χ4n) is 2.41. The van der Waals surface area contributed by atoms with Crippen molar-refractivity contribution in [3.63, 3.8) is 0 Å². The molecule has 0 bridgehead atoms. The molecule has 3 nitrogen and oxygen atoms in total. The second kappa shape index (κ2) is 8.37. The third kappa shape index (κ3) is 4.96. The molecule has 1 N–H and O–H groups in total. The van der Waals surface area contributed by atoms with Crippen LogP contribution in [0.5, 0.6) is 0 Å². The van der Waals surface area contributed by atoms with Gasteiger partial charge >= 0.3 is 0 Å². The second-order valence-corrected chi connectivity index (χ2v) is 4.39. The highest BCUT2D eigenvalue weighted by Crippen LogP contribution is 2.24. The van der Waals surface area contributed by atoms with Gasteiger partial charge in [0.15, 0.2) is 0 Å². The summed E-state index contributed by atoms with van der Waals surface area (Å²) in [6.45, 7) is 2.95. The normalized spacial score (nSPS) is 24.8. The van der Waals surface area contributed by atoms with E-state index < -0.39 is 0 Å². The number of ether oxygens (including phenoxy) is 1. The van der Waals surface area contributed by atoms with Crippen LogP contribution in [-0.2, 0) is 4.74 Å². The summed E-state index contributed by atoms with van der Waals surface area (Å²) in [4.78, 5) is 4.27. The van der Waals surface area contributed by atoms with Crippen LogP contribution in [0.3, 0.4) is 0 Å². The van der Waals surface area contributed by atoms with Gasteiger partial charge in [-0.3, -0.25) is 4.99 Å². The van der Waals surface area contributed by atoms with Crippen LogP contribution in [0, 0.1) is 5.92 Å². The maximum absolute atomic E-state index is 12.1. The van der Waals surface area contributed by atoms with Gasteiger partial charge in [0.25, 0.3) is 0 Å². The molecule has 1 rings (SSSR count). The van der Waals surface area contributed by atoms with E-state index >= 15 is 0 Å². The predicted molar refractivity (Wildman–Crippen MR) is 69.0 cm³/mol. The lowest BCUT2D eigenvalue weighted by Crippen LogP contribution is -2.32. The Hall–Kier alpha value is -0.740. The number of hydrogen-bond acceptors (Lipinski definition) is 3. The molecule has 0 aromatic carbocycles. The van der Waals surface area contributed by atoms with Crippen LogP contribution in [0.1, 0.15) is 32.6 Å². The Bertz CT molecular complexity index is 250. The summed E-state index contributed by atoms with van der Waals surface area (Å²) >= 11 is 0. The molecule has 1 fully saturated rings. The molecule has 0 radical (unpaired) electrons. The van der Waals surface area contributed by atoms with Crippen LogP contribution in [-0.4, -0.2) is 32.1 Å². The Morgan fingerprint density at radius 3 is 2.94 bits per heavy atom. The van der Waals surface area contributed by atoms with E-state index in [9.17, 15) is 4.39 Å². The first-order valence-electron chi connectivity index (χ1n) is 6.31. The molecule has 1 saturated heterocycles. The number of nitrogens with zero attached hydrogens (tertiary/aromatic N) is 1. The molecular formula is C13H23FN2O. The van der Waals surface area contributed by atoms with E-state index in [4.69, 9.17) is 4.74 Å². The zero-order chi connectivity index (χ0) is 12.5. The van der Waals surface area contributed by atoms with Crippen molar-refractivity contribution in [3.05, 3.63) is 12.4 Å². The van der Waals surface area contributed by atoms with Crippen LogP contribution in [0.4, 0.5) is 4.39 Å². The monoisotopic (exact) mass is 242 g/mol. The minimum Gasteiger partial charge on any atom is -0.360 e. The minimum atomic E-state index is -0.111. The first-order valence-corrected chi connectivity index (χ1v) is 6.31. The van der Waals surface area contributed by atoms with Gasteiger partial charge in [0.1, 0.15) is 6.23 Å². The summed E-state index contributed by atoms with van der Waals surface area (Å²) < 4.78 is 17.5. The van der Waals surface area contributed by atoms with Crippen LogP contribution in [0.25, 0.3) is 0 Å². The Kier molecular flexibility index (Phi) is 7.05. The summed E-state index contributed by atoms with van der Waals surface area (Å²) in [7, 11) is 1.67. The Balaban J connectivity index is 2.54. The van der Waals surface area contributed by atoms with Gasteiger partial charge in [-0.1, -0.05) is 6.08 Å². The Labute approximate surface area is 103 Å². The molecular weight excluding hydrogens is 219 g/mol. The Morgan fingerprint density at radius 1 is 1.59 bits per heavy atom. The fourth-order valence-corrected chi connectivity index (χ4v) is 2.41. The van der Waals surface area contributed by atoms with Crippen LogP contribution >= 0.6 is 0 Å². The fraction of sp³-hybridized carbons (Fsp3) is 0.769. The first-order chi connectivity index (χ1) is 8.31. The quantitative estimate of drug-likeness (QED) is 0.696.